The molecule has 20 heavy (non-hydrogen) atoms. The summed E-state index contributed by atoms with van der Waals surface area (Å²) in [4.78, 5) is 0. The van der Waals surface area contributed by atoms with E-state index in [1.165, 1.54) is 11.1 Å². The highest BCUT2D eigenvalue weighted by atomic mass is 16.5. The molecule has 0 radical (unpaired) electrons. The van der Waals surface area contributed by atoms with E-state index in [-0.39, 0.29) is 0 Å². The third-order valence-corrected chi connectivity index (χ3v) is 4.16. The maximum Gasteiger partial charge on any atom is 0.124 e. The van der Waals surface area contributed by atoms with Gasteiger partial charge >= 0.3 is 0 Å². The van der Waals surface area contributed by atoms with E-state index in [1.807, 2.05) is 36.4 Å². The number of para-hydroxylation sites is 1. The normalized spacial score (nSPS) is 20.6. The van der Waals surface area contributed by atoms with Gasteiger partial charge in [0.05, 0.1) is 18.1 Å². The third-order valence-electron chi connectivity index (χ3n) is 4.16. The number of fused-ring (bicyclic) bond motifs is 1. The van der Waals surface area contributed by atoms with Gasteiger partial charge in [0.2, 0.25) is 0 Å². The molecule has 0 fully saturated rings. The van der Waals surface area contributed by atoms with Crippen molar-refractivity contribution in [3.63, 3.8) is 0 Å². The van der Waals surface area contributed by atoms with Gasteiger partial charge in [0.1, 0.15) is 5.75 Å². The van der Waals surface area contributed by atoms with Crippen LogP contribution in [0.2, 0.25) is 0 Å². The van der Waals surface area contributed by atoms with Crippen LogP contribution in [0, 0.1) is 18.3 Å². The monoisotopic (exact) mass is 263 g/mol. The maximum atomic E-state index is 9.83. The second-order valence-corrected chi connectivity index (χ2v) is 5.39. The van der Waals surface area contributed by atoms with E-state index in [0.29, 0.717) is 6.61 Å². The van der Waals surface area contributed by atoms with Crippen molar-refractivity contribution in [2.75, 3.05) is 6.61 Å². The summed E-state index contributed by atoms with van der Waals surface area (Å²) in [6.07, 6.45) is 1.49. The van der Waals surface area contributed by atoms with Crippen LogP contribution < -0.4 is 4.74 Å². The highest BCUT2D eigenvalue weighted by molar-refractivity contribution is 5.47. The second kappa shape index (κ2) is 5.02. The van der Waals surface area contributed by atoms with Crippen LogP contribution in [0.1, 0.15) is 23.1 Å². The number of nitriles is 1. The molecule has 0 spiro atoms. The number of nitrogens with zero attached hydrogens (tertiary/aromatic N) is 1. The summed E-state index contributed by atoms with van der Waals surface area (Å²) in [5.41, 5.74) is 3.04. The average molecular weight is 263 g/mol. The molecule has 1 heterocycles. The number of benzene rings is 2. The van der Waals surface area contributed by atoms with E-state index in [0.717, 1.165) is 24.2 Å². The molecule has 2 heteroatoms. The van der Waals surface area contributed by atoms with Crippen molar-refractivity contribution < 1.29 is 4.74 Å². The van der Waals surface area contributed by atoms with Crippen LogP contribution in [0.4, 0.5) is 0 Å². The van der Waals surface area contributed by atoms with Gasteiger partial charge in [-0.3, -0.25) is 0 Å². The summed E-state index contributed by atoms with van der Waals surface area (Å²) in [6.45, 7) is 2.71. The second-order valence-electron chi connectivity index (χ2n) is 5.39. The Hall–Kier alpha value is -2.27. The summed E-state index contributed by atoms with van der Waals surface area (Å²) < 4.78 is 5.70. The topological polar surface area (TPSA) is 33.0 Å². The number of hydrogen-bond donors (Lipinski definition) is 0. The van der Waals surface area contributed by atoms with Crippen LogP contribution in [-0.2, 0) is 11.8 Å². The molecule has 2 nitrogen and oxygen atoms in total. The molecule has 3 rings (SSSR count). The summed E-state index contributed by atoms with van der Waals surface area (Å²) in [6, 6.07) is 18.8. The van der Waals surface area contributed by atoms with Gasteiger partial charge < -0.3 is 4.74 Å². The number of aryl methyl sites for hydroxylation is 1. The lowest BCUT2D eigenvalue weighted by Gasteiger charge is -2.33. The van der Waals surface area contributed by atoms with E-state index in [1.54, 1.807) is 0 Å². The predicted octanol–water partition coefficient (Wildman–Crippen LogP) is 3.78. The van der Waals surface area contributed by atoms with Gasteiger partial charge in [0.15, 0.2) is 0 Å². The van der Waals surface area contributed by atoms with Gasteiger partial charge in [0, 0.05) is 12.0 Å². The Morgan fingerprint density at radius 2 is 1.90 bits per heavy atom. The zero-order valence-electron chi connectivity index (χ0n) is 11.6. The molecule has 2 aromatic carbocycles. The van der Waals surface area contributed by atoms with Crippen molar-refractivity contribution in [1.29, 1.82) is 5.26 Å². The minimum absolute atomic E-state index is 0.471. The molecule has 0 aromatic heterocycles. The molecule has 0 N–H and O–H groups in total. The van der Waals surface area contributed by atoms with Gasteiger partial charge in [0.25, 0.3) is 0 Å². The summed E-state index contributed by atoms with van der Waals surface area (Å²) in [5.74, 6) is 0.855. The van der Waals surface area contributed by atoms with Crippen LogP contribution in [0.3, 0.4) is 0 Å². The molecule has 0 saturated carbocycles. The van der Waals surface area contributed by atoms with Crippen molar-refractivity contribution in [3.8, 4) is 11.8 Å². The van der Waals surface area contributed by atoms with E-state index >= 15 is 0 Å². The highest BCUT2D eigenvalue weighted by Gasteiger charge is 2.38. The molecule has 1 atom stereocenters. The Morgan fingerprint density at radius 3 is 2.70 bits per heavy atom. The Morgan fingerprint density at radius 1 is 1.15 bits per heavy atom. The fourth-order valence-corrected chi connectivity index (χ4v) is 2.93. The molecule has 2 aromatic rings. The smallest absolute Gasteiger partial charge is 0.124 e. The first kappa shape index (κ1) is 12.7. The molecule has 0 amide bonds. The van der Waals surface area contributed by atoms with Crippen molar-refractivity contribution in [1.82, 2.24) is 0 Å². The molecule has 1 unspecified atom stereocenters. The van der Waals surface area contributed by atoms with Crippen molar-refractivity contribution in [2.45, 2.75) is 25.2 Å². The summed E-state index contributed by atoms with van der Waals surface area (Å²) >= 11 is 0. The number of rotatable bonds is 2. The molecule has 1 aliphatic heterocycles. The lowest BCUT2D eigenvalue weighted by atomic mass is 9.72. The molecule has 0 aliphatic carbocycles. The van der Waals surface area contributed by atoms with Crippen LogP contribution >= 0.6 is 0 Å². The third kappa shape index (κ3) is 2.06. The standard InChI is InChI=1S/C18H17NO/c1-14-6-2-3-7-15(14)12-18(13-19)10-11-20-17-9-5-4-8-16(17)18/h2-9H,10-12H2,1H3. The maximum absolute atomic E-state index is 9.83. The lowest BCUT2D eigenvalue weighted by molar-refractivity contribution is 0.241. The number of ether oxygens (including phenoxy) is 1. The minimum atomic E-state index is -0.471. The lowest BCUT2D eigenvalue weighted by Crippen LogP contribution is -2.34. The Balaban J connectivity index is 2.06. The Bertz CT molecular complexity index is 671. The van der Waals surface area contributed by atoms with E-state index in [9.17, 15) is 5.26 Å². The fraction of sp³-hybridized carbons (Fsp3) is 0.278. The fourth-order valence-electron chi connectivity index (χ4n) is 2.93. The largest absolute Gasteiger partial charge is 0.493 e. The van der Waals surface area contributed by atoms with E-state index in [4.69, 9.17) is 4.74 Å². The van der Waals surface area contributed by atoms with Gasteiger partial charge in [-0.25, -0.2) is 0 Å². The van der Waals surface area contributed by atoms with Gasteiger partial charge in [-0.05, 0) is 30.5 Å². The molecular weight excluding hydrogens is 246 g/mol. The zero-order chi connectivity index (χ0) is 14.0. The Kier molecular flexibility index (Phi) is 3.20. The van der Waals surface area contributed by atoms with Crippen LogP contribution in [0.15, 0.2) is 48.5 Å². The molecule has 100 valence electrons. The van der Waals surface area contributed by atoms with Crippen LogP contribution in [-0.4, -0.2) is 6.61 Å². The molecule has 0 saturated heterocycles. The van der Waals surface area contributed by atoms with Gasteiger partial charge in [-0.1, -0.05) is 42.5 Å². The first-order valence-corrected chi connectivity index (χ1v) is 6.93. The predicted molar refractivity (Wildman–Crippen MR) is 78.7 cm³/mol. The summed E-state index contributed by atoms with van der Waals surface area (Å²) in [7, 11) is 0. The van der Waals surface area contributed by atoms with Gasteiger partial charge in [-0.15, -0.1) is 0 Å². The van der Waals surface area contributed by atoms with Crippen molar-refractivity contribution in [2.24, 2.45) is 0 Å². The molecule has 0 bridgehead atoms. The zero-order valence-corrected chi connectivity index (χ0v) is 11.6. The van der Waals surface area contributed by atoms with E-state index < -0.39 is 5.41 Å². The first-order valence-electron chi connectivity index (χ1n) is 6.93. The number of hydrogen-bond acceptors (Lipinski definition) is 2. The minimum Gasteiger partial charge on any atom is -0.493 e. The Labute approximate surface area is 119 Å². The van der Waals surface area contributed by atoms with Crippen molar-refractivity contribution >= 4 is 0 Å². The van der Waals surface area contributed by atoms with E-state index in [2.05, 4.69) is 25.1 Å². The SMILES string of the molecule is Cc1ccccc1CC1(C#N)CCOc2ccccc21. The first-order chi connectivity index (χ1) is 9.75. The van der Waals surface area contributed by atoms with Crippen LogP contribution in [0.25, 0.3) is 0 Å². The average Bonchev–Trinajstić information content (AvgIpc) is 2.50. The quantitative estimate of drug-likeness (QED) is 0.826. The highest BCUT2D eigenvalue weighted by Crippen LogP contribution is 2.41. The molecule has 1 aliphatic rings. The molecular formula is C18H17NO. The summed E-state index contributed by atoms with van der Waals surface area (Å²) in [5, 5.41) is 9.83. The van der Waals surface area contributed by atoms with Crippen LogP contribution in [0.5, 0.6) is 5.75 Å². The van der Waals surface area contributed by atoms with Gasteiger partial charge in [-0.2, -0.15) is 5.26 Å². The van der Waals surface area contributed by atoms with Crippen molar-refractivity contribution in [3.05, 3.63) is 65.2 Å².